The van der Waals surface area contributed by atoms with Crippen LogP contribution in [-0.4, -0.2) is 20.6 Å². The van der Waals surface area contributed by atoms with Gasteiger partial charge in [-0.05, 0) is 18.2 Å². The van der Waals surface area contributed by atoms with Gasteiger partial charge < -0.3 is 5.73 Å². The molecule has 0 aliphatic carbocycles. The zero-order valence-electron chi connectivity index (χ0n) is 8.58. The van der Waals surface area contributed by atoms with Crippen LogP contribution in [0.2, 0.25) is 0 Å². The summed E-state index contributed by atoms with van der Waals surface area (Å²) in [6, 6.07) is 2.09. The highest BCUT2D eigenvalue weighted by molar-refractivity contribution is 7.90. The Labute approximate surface area is 95.1 Å². The Bertz CT molecular complexity index is 563. The largest absolute Gasteiger partial charge is 0.417 e. The molecule has 1 aromatic rings. The molecule has 1 aromatic carbocycles. The van der Waals surface area contributed by atoms with E-state index in [0.29, 0.717) is 12.3 Å². The average Bonchev–Trinajstić information content (AvgIpc) is 2.14. The van der Waals surface area contributed by atoms with Crippen molar-refractivity contribution in [1.82, 2.24) is 0 Å². The van der Waals surface area contributed by atoms with Crippen molar-refractivity contribution in [1.29, 1.82) is 0 Å². The fourth-order valence-electron chi connectivity index (χ4n) is 1.23. The molecule has 0 radical (unpaired) electrons. The molecule has 2 N–H and O–H groups in total. The van der Waals surface area contributed by atoms with Gasteiger partial charge in [0.1, 0.15) is 0 Å². The van der Waals surface area contributed by atoms with E-state index in [9.17, 15) is 26.4 Å². The minimum Gasteiger partial charge on any atom is -0.366 e. The van der Waals surface area contributed by atoms with Crippen LogP contribution in [0.4, 0.5) is 13.2 Å². The van der Waals surface area contributed by atoms with E-state index < -0.39 is 37.9 Å². The number of amides is 1. The van der Waals surface area contributed by atoms with Crippen molar-refractivity contribution in [2.24, 2.45) is 5.73 Å². The quantitative estimate of drug-likeness (QED) is 0.874. The van der Waals surface area contributed by atoms with Gasteiger partial charge in [0.15, 0.2) is 9.84 Å². The lowest BCUT2D eigenvalue weighted by Crippen LogP contribution is -2.17. The van der Waals surface area contributed by atoms with E-state index in [1.165, 1.54) is 0 Å². The maximum absolute atomic E-state index is 12.6. The molecule has 94 valence electrons. The van der Waals surface area contributed by atoms with Crippen LogP contribution in [0.1, 0.15) is 15.9 Å². The SMILES string of the molecule is CS(=O)(=O)c1ccc(C(N)=O)cc1C(F)(F)F. The van der Waals surface area contributed by atoms with Gasteiger partial charge in [0.2, 0.25) is 5.91 Å². The number of hydrogen-bond donors (Lipinski definition) is 1. The maximum Gasteiger partial charge on any atom is 0.417 e. The molecule has 0 aliphatic rings. The molecule has 0 aromatic heterocycles. The van der Waals surface area contributed by atoms with Crippen LogP contribution in [0.5, 0.6) is 0 Å². The molecule has 0 unspecified atom stereocenters. The first kappa shape index (κ1) is 13.5. The molecule has 8 heteroatoms. The third-order valence-electron chi connectivity index (χ3n) is 1.97. The van der Waals surface area contributed by atoms with Crippen LogP contribution in [0.25, 0.3) is 0 Å². The number of nitrogens with two attached hydrogens (primary N) is 1. The van der Waals surface area contributed by atoms with E-state index in [0.717, 1.165) is 12.1 Å². The van der Waals surface area contributed by atoms with E-state index in [-0.39, 0.29) is 0 Å². The molecule has 4 nitrogen and oxygen atoms in total. The van der Waals surface area contributed by atoms with Crippen LogP contribution in [0.15, 0.2) is 23.1 Å². The summed E-state index contributed by atoms with van der Waals surface area (Å²) in [5.41, 5.74) is 3.04. The van der Waals surface area contributed by atoms with Crippen molar-refractivity contribution in [2.45, 2.75) is 11.1 Å². The second-order valence-electron chi connectivity index (χ2n) is 3.35. The lowest BCUT2D eigenvalue weighted by Gasteiger charge is -2.12. The third-order valence-corrected chi connectivity index (χ3v) is 3.12. The number of carbonyl (C=O) groups is 1. The van der Waals surface area contributed by atoms with Gasteiger partial charge in [-0.2, -0.15) is 13.2 Å². The van der Waals surface area contributed by atoms with Crippen LogP contribution >= 0.6 is 0 Å². The molecule has 17 heavy (non-hydrogen) atoms. The van der Waals surface area contributed by atoms with Gasteiger partial charge in [0, 0.05) is 11.8 Å². The van der Waals surface area contributed by atoms with Crippen molar-refractivity contribution in [3.8, 4) is 0 Å². The Balaban J connectivity index is 3.60. The van der Waals surface area contributed by atoms with E-state index in [2.05, 4.69) is 0 Å². The summed E-state index contributed by atoms with van der Waals surface area (Å²) in [6.45, 7) is 0. The van der Waals surface area contributed by atoms with Gasteiger partial charge in [-0.25, -0.2) is 8.42 Å². The van der Waals surface area contributed by atoms with Gasteiger partial charge in [0.25, 0.3) is 0 Å². The molecule has 1 amide bonds. The Morgan fingerprint density at radius 3 is 2.18 bits per heavy atom. The Kier molecular flexibility index (Phi) is 3.19. The molecular weight excluding hydrogens is 259 g/mol. The monoisotopic (exact) mass is 267 g/mol. The van der Waals surface area contributed by atoms with Crippen LogP contribution < -0.4 is 5.73 Å². The van der Waals surface area contributed by atoms with Gasteiger partial charge >= 0.3 is 6.18 Å². The first-order valence-electron chi connectivity index (χ1n) is 4.24. The highest BCUT2D eigenvalue weighted by Crippen LogP contribution is 2.34. The highest BCUT2D eigenvalue weighted by Gasteiger charge is 2.36. The average molecular weight is 267 g/mol. The fourth-order valence-corrected chi connectivity index (χ4v) is 2.12. The van der Waals surface area contributed by atoms with E-state index in [4.69, 9.17) is 5.73 Å². The Hall–Kier alpha value is -1.57. The number of alkyl halides is 3. The standard InChI is InChI=1S/C9H8F3NO3S/c1-17(15,16)7-3-2-5(8(13)14)4-6(7)9(10,11)12/h2-4H,1H3,(H2,13,14). The van der Waals surface area contributed by atoms with Crippen LogP contribution in [0.3, 0.4) is 0 Å². The van der Waals surface area contributed by atoms with Gasteiger partial charge in [0.05, 0.1) is 10.5 Å². The first-order valence-corrected chi connectivity index (χ1v) is 6.13. The van der Waals surface area contributed by atoms with Crippen LogP contribution in [-0.2, 0) is 16.0 Å². The number of halogens is 3. The summed E-state index contributed by atoms with van der Waals surface area (Å²) in [7, 11) is -4.03. The van der Waals surface area contributed by atoms with Crippen molar-refractivity contribution < 1.29 is 26.4 Å². The smallest absolute Gasteiger partial charge is 0.366 e. The molecule has 0 heterocycles. The van der Waals surface area contributed by atoms with Crippen molar-refractivity contribution in [2.75, 3.05) is 6.26 Å². The fraction of sp³-hybridized carbons (Fsp3) is 0.222. The molecule has 0 saturated carbocycles. The molecule has 0 spiro atoms. The summed E-state index contributed by atoms with van der Waals surface area (Å²) in [4.78, 5) is 9.87. The molecular formula is C9H8F3NO3S. The third kappa shape index (κ3) is 2.96. The first-order chi connectivity index (χ1) is 7.53. The molecule has 0 aliphatic heterocycles. The number of hydrogen-bond acceptors (Lipinski definition) is 3. The maximum atomic E-state index is 12.6. The Morgan fingerprint density at radius 1 is 1.29 bits per heavy atom. The van der Waals surface area contributed by atoms with E-state index in [1.807, 2.05) is 0 Å². The molecule has 0 atom stereocenters. The predicted molar refractivity (Wildman–Crippen MR) is 53.1 cm³/mol. The topological polar surface area (TPSA) is 77.2 Å². The number of primary amides is 1. The van der Waals surface area contributed by atoms with Crippen molar-refractivity contribution in [3.63, 3.8) is 0 Å². The predicted octanol–water partition coefficient (Wildman–Crippen LogP) is 1.21. The number of benzene rings is 1. The minimum absolute atomic E-state index is 0.398. The summed E-state index contributed by atoms with van der Waals surface area (Å²) >= 11 is 0. The summed E-state index contributed by atoms with van der Waals surface area (Å²) in [5.74, 6) is -1.06. The zero-order valence-corrected chi connectivity index (χ0v) is 9.39. The van der Waals surface area contributed by atoms with Gasteiger partial charge in [-0.15, -0.1) is 0 Å². The second-order valence-corrected chi connectivity index (χ2v) is 5.33. The molecule has 1 rings (SSSR count). The van der Waals surface area contributed by atoms with Gasteiger partial charge in [-0.3, -0.25) is 4.79 Å². The lowest BCUT2D eigenvalue weighted by atomic mass is 10.1. The van der Waals surface area contributed by atoms with Crippen molar-refractivity contribution in [3.05, 3.63) is 29.3 Å². The summed E-state index contributed by atoms with van der Waals surface area (Å²) in [6.07, 6.45) is -4.22. The van der Waals surface area contributed by atoms with E-state index in [1.54, 1.807) is 0 Å². The number of sulfone groups is 1. The van der Waals surface area contributed by atoms with E-state index >= 15 is 0 Å². The number of carbonyl (C=O) groups excluding carboxylic acids is 1. The zero-order chi connectivity index (χ0) is 13.4. The van der Waals surface area contributed by atoms with Gasteiger partial charge in [-0.1, -0.05) is 0 Å². The Morgan fingerprint density at radius 2 is 1.82 bits per heavy atom. The molecule has 0 saturated heterocycles. The number of rotatable bonds is 2. The van der Waals surface area contributed by atoms with Crippen LogP contribution in [0, 0.1) is 0 Å². The summed E-state index contributed by atoms with van der Waals surface area (Å²) < 4.78 is 60.1. The molecule has 0 bridgehead atoms. The lowest BCUT2D eigenvalue weighted by molar-refractivity contribution is -0.139. The van der Waals surface area contributed by atoms with Crippen molar-refractivity contribution >= 4 is 15.7 Å². The highest BCUT2D eigenvalue weighted by atomic mass is 32.2. The minimum atomic E-state index is -4.87. The normalized spacial score (nSPS) is 12.5. The molecule has 0 fully saturated rings. The summed E-state index contributed by atoms with van der Waals surface area (Å²) in [5, 5.41) is 0. The second kappa shape index (κ2) is 4.02.